The molecule has 2 bridgehead atoms. The number of amides is 1. The Balaban J connectivity index is 1.10. The van der Waals surface area contributed by atoms with Gasteiger partial charge < -0.3 is 15.0 Å². The summed E-state index contributed by atoms with van der Waals surface area (Å²) in [5, 5.41) is 3.14. The highest BCUT2D eigenvalue weighted by Crippen LogP contribution is 2.69. The number of allylic oxidation sites excluding steroid dienone is 2. The number of halogens is 1. The fourth-order valence-electron chi connectivity index (χ4n) is 6.71. The van der Waals surface area contributed by atoms with Gasteiger partial charge in [0, 0.05) is 44.8 Å². The molecule has 3 fully saturated rings. The number of ether oxygens (including phenoxy) is 1. The third-order valence-electron chi connectivity index (χ3n) is 8.99. The van der Waals surface area contributed by atoms with Crippen LogP contribution in [0.15, 0.2) is 54.6 Å². The smallest absolute Gasteiger partial charge is 0.257 e. The Hall–Kier alpha value is -2.70. The Kier molecular flexibility index (Phi) is 6.34. The van der Waals surface area contributed by atoms with E-state index in [9.17, 15) is 9.18 Å². The van der Waals surface area contributed by atoms with Gasteiger partial charge in [-0.05, 0) is 84.9 Å². The maximum Gasteiger partial charge on any atom is 0.257 e. The van der Waals surface area contributed by atoms with Crippen LogP contribution in [0.3, 0.4) is 0 Å². The van der Waals surface area contributed by atoms with E-state index in [1.807, 2.05) is 12.1 Å². The van der Waals surface area contributed by atoms with Crippen molar-refractivity contribution in [3.8, 4) is 16.9 Å². The topological polar surface area (TPSA) is 44.8 Å². The van der Waals surface area contributed by atoms with Gasteiger partial charge in [-0.1, -0.05) is 30.4 Å². The predicted octanol–water partition coefficient (Wildman–Crippen LogP) is 4.34. The molecule has 1 spiro atoms. The van der Waals surface area contributed by atoms with Gasteiger partial charge in [-0.3, -0.25) is 9.69 Å². The summed E-state index contributed by atoms with van der Waals surface area (Å²) in [4.78, 5) is 17.5. The number of carbonyl (C=O) groups excluding carboxylic acids is 1. The Labute approximate surface area is 213 Å². The summed E-state index contributed by atoms with van der Waals surface area (Å²) in [6, 6.07) is 12.6. The molecule has 3 aliphatic carbocycles. The first-order valence-electron chi connectivity index (χ1n) is 13.4. The molecule has 1 N–H and O–H groups in total. The molecule has 1 aliphatic heterocycles. The number of hydrogen-bond acceptors (Lipinski definition) is 4. The number of likely N-dealkylation sites (N-methyl/N-ethyl adjacent to an activating group) is 1. The number of piperazine rings is 1. The van der Waals surface area contributed by atoms with E-state index in [1.54, 1.807) is 12.1 Å². The fourth-order valence-corrected chi connectivity index (χ4v) is 6.71. The lowest BCUT2D eigenvalue weighted by molar-refractivity contribution is -0.123. The highest BCUT2D eigenvalue weighted by molar-refractivity contribution is 5.77. The maximum atomic E-state index is 13.4. The number of nitrogens with zero attached hydrogens (tertiary/aromatic N) is 2. The average Bonchev–Trinajstić information content (AvgIpc) is 3.56. The largest absolute Gasteiger partial charge is 0.483 e. The standard InChI is InChI=1S/C30H36FN3O2/c1-33-12-14-34(15-13-33)19-24-16-22(21-2-6-26(31)7-3-21)4-9-28(24)36-20-29(35)32-18-23-17-25-5-8-27(23)30(25)10-11-30/h2-9,16,23,25,27H,10-15,17-20H2,1H3,(H,32,35)/t23-,25-,27-/m1/s1. The molecule has 3 atom stereocenters. The van der Waals surface area contributed by atoms with Crippen LogP contribution in [-0.2, 0) is 11.3 Å². The van der Waals surface area contributed by atoms with Crippen molar-refractivity contribution in [3.05, 3.63) is 66.0 Å². The van der Waals surface area contributed by atoms with Crippen molar-refractivity contribution in [1.29, 1.82) is 0 Å². The maximum absolute atomic E-state index is 13.4. The lowest BCUT2D eigenvalue weighted by Gasteiger charge is -2.32. The van der Waals surface area contributed by atoms with Crippen molar-refractivity contribution in [3.63, 3.8) is 0 Å². The first-order valence-corrected chi connectivity index (χ1v) is 13.4. The minimum atomic E-state index is -0.240. The quantitative estimate of drug-likeness (QED) is 0.561. The Morgan fingerprint density at radius 1 is 1.06 bits per heavy atom. The summed E-state index contributed by atoms with van der Waals surface area (Å²) < 4.78 is 19.5. The van der Waals surface area contributed by atoms with E-state index in [-0.39, 0.29) is 18.3 Å². The summed E-state index contributed by atoms with van der Waals surface area (Å²) >= 11 is 0. The van der Waals surface area contributed by atoms with Crippen LogP contribution >= 0.6 is 0 Å². The second-order valence-electron chi connectivity index (χ2n) is 11.2. The van der Waals surface area contributed by atoms with E-state index in [0.717, 1.165) is 67.6 Å². The minimum absolute atomic E-state index is 0.0213. The molecule has 2 aromatic rings. The number of rotatable bonds is 8. The predicted molar refractivity (Wildman–Crippen MR) is 139 cm³/mol. The molecule has 1 heterocycles. The fraction of sp³-hybridized carbons (Fsp3) is 0.500. The third kappa shape index (κ3) is 4.69. The van der Waals surface area contributed by atoms with Crippen molar-refractivity contribution in [2.75, 3.05) is 46.4 Å². The lowest BCUT2D eigenvalue weighted by Crippen LogP contribution is -2.43. The van der Waals surface area contributed by atoms with Gasteiger partial charge in [0.15, 0.2) is 6.61 Å². The Morgan fingerprint density at radius 2 is 1.81 bits per heavy atom. The summed E-state index contributed by atoms with van der Waals surface area (Å²) in [7, 11) is 2.15. The number of carbonyl (C=O) groups is 1. The van der Waals surface area contributed by atoms with E-state index in [1.165, 1.54) is 31.4 Å². The van der Waals surface area contributed by atoms with E-state index < -0.39 is 0 Å². The normalized spacial score (nSPS) is 26.4. The molecule has 2 saturated carbocycles. The van der Waals surface area contributed by atoms with Crippen LogP contribution in [0.1, 0.15) is 24.8 Å². The highest BCUT2D eigenvalue weighted by atomic mass is 19.1. The van der Waals surface area contributed by atoms with Crippen molar-refractivity contribution in [2.45, 2.75) is 25.8 Å². The van der Waals surface area contributed by atoms with E-state index >= 15 is 0 Å². The van der Waals surface area contributed by atoms with Crippen LogP contribution in [0.5, 0.6) is 5.75 Å². The van der Waals surface area contributed by atoms with Crippen molar-refractivity contribution < 1.29 is 13.9 Å². The molecular formula is C30H36FN3O2. The molecule has 0 unspecified atom stereocenters. The van der Waals surface area contributed by atoms with Crippen LogP contribution in [0.2, 0.25) is 0 Å². The Bertz CT molecular complexity index is 1140. The zero-order valence-electron chi connectivity index (χ0n) is 21.1. The van der Waals surface area contributed by atoms with Gasteiger partial charge in [-0.2, -0.15) is 0 Å². The van der Waals surface area contributed by atoms with Gasteiger partial charge in [-0.15, -0.1) is 0 Å². The first-order chi connectivity index (χ1) is 17.5. The van der Waals surface area contributed by atoms with Crippen LogP contribution in [0.25, 0.3) is 11.1 Å². The monoisotopic (exact) mass is 489 g/mol. The summed E-state index contributed by atoms with van der Waals surface area (Å²) in [6.07, 6.45) is 8.74. The molecule has 190 valence electrons. The number of hydrogen-bond donors (Lipinski definition) is 1. The lowest BCUT2D eigenvalue weighted by atomic mass is 9.89. The molecule has 6 rings (SSSR count). The summed E-state index contributed by atoms with van der Waals surface area (Å²) in [5.74, 6) is 2.40. The molecule has 5 nitrogen and oxygen atoms in total. The van der Waals surface area contributed by atoms with E-state index in [0.29, 0.717) is 17.3 Å². The van der Waals surface area contributed by atoms with Crippen molar-refractivity contribution in [1.82, 2.24) is 15.1 Å². The van der Waals surface area contributed by atoms with Crippen LogP contribution < -0.4 is 10.1 Å². The molecular weight excluding hydrogens is 453 g/mol. The SMILES string of the molecule is CN1CCN(Cc2cc(-c3ccc(F)cc3)ccc2OCC(=O)NC[C@H]2C[C@H]3C=C[C@H]2C32CC2)CC1. The number of nitrogens with one attached hydrogen (secondary N) is 1. The summed E-state index contributed by atoms with van der Waals surface area (Å²) in [6.45, 7) is 5.60. The van der Waals surface area contributed by atoms with Gasteiger partial charge in [-0.25, -0.2) is 4.39 Å². The van der Waals surface area contributed by atoms with Gasteiger partial charge in [0.05, 0.1) is 0 Å². The van der Waals surface area contributed by atoms with Gasteiger partial charge >= 0.3 is 0 Å². The molecule has 2 aromatic carbocycles. The molecule has 6 heteroatoms. The minimum Gasteiger partial charge on any atom is -0.483 e. The van der Waals surface area contributed by atoms with Crippen LogP contribution in [0, 0.1) is 29.0 Å². The molecule has 0 aromatic heterocycles. The zero-order chi connectivity index (χ0) is 24.7. The molecule has 0 radical (unpaired) electrons. The molecule has 4 aliphatic rings. The Morgan fingerprint density at radius 3 is 2.53 bits per heavy atom. The van der Waals surface area contributed by atoms with Crippen molar-refractivity contribution in [2.24, 2.45) is 23.2 Å². The second kappa shape index (κ2) is 9.64. The van der Waals surface area contributed by atoms with Gasteiger partial charge in [0.1, 0.15) is 11.6 Å². The third-order valence-corrected chi connectivity index (χ3v) is 8.99. The zero-order valence-corrected chi connectivity index (χ0v) is 21.1. The highest BCUT2D eigenvalue weighted by Gasteiger charge is 2.62. The van der Waals surface area contributed by atoms with E-state index in [2.05, 4.69) is 40.4 Å². The molecule has 1 saturated heterocycles. The summed E-state index contributed by atoms with van der Waals surface area (Å²) in [5.41, 5.74) is 3.60. The molecule has 36 heavy (non-hydrogen) atoms. The average molecular weight is 490 g/mol. The molecule has 1 amide bonds. The van der Waals surface area contributed by atoms with Crippen LogP contribution in [0.4, 0.5) is 4.39 Å². The van der Waals surface area contributed by atoms with Crippen molar-refractivity contribution >= 4 is 5.91 Å². The van der Waals surface area contributed by atoms with Crippen LogP contribution in [-0.4, -0.2) is 62.1 Å². The van der Waals surface area contributed by atoms with E-state index in [4.69, 9.17) is 4.74 Å². The second-order valence-corrected chi connectivity index (χ2v) is 11.2. The van der Waals surface area contributed by atoms with Gasteiger partial charge in [0.2, 0.25) is 0 Å². The first kappa shape index (κ1) is 23.7. The number of benzene rings is 2. The van der Waals surface area contributed by atoms with Gasteiger partial charge in [0.25, 0.3) is 5.91 Å².